The lowest BCUT2D eigenvalue weighted by atomic mass is 10.1. The summed E-state index contributed by atoms with van der Waals surface area (Å²) >= 11 is 0. The molecule has 0 spiro atoms. The van der Waals surface area contributed by atoms with Crippen LogP contribution in [0.15, 0.2) is 66.7 Å². The van der Waals surface area contributed by atoms with Crippen LogP contribution in [0.4, 0.5) is 11.4 Å². The smallest absolute Gasteiger partial charge is 0.340 e. The Kier molecular flexibility index (Phi) is 5.94. The van der Waals surface area contributed by atoms with Crippen molar-refractivity contribution in [2.75, 3.05) is 11.9 Å². The van der Waals surface area contributed by atoms with Crippen LogP contribution < -0.4 is 5.32 Å². The van der Waals surface area contributed by atoms with Crippen molar-refractivity contribution in [2.24, 2.45) is 0 Å². The molecule has 0 saturated heterocycles. The Bertz CT molecular complexity index is 1050. The van der Waals surface area contributed by atoms with Crippen LogP contribution in [-0.4, -0.2) is 28.4 Å². The number of pyridine rings is 1. The van der Waals surface area contributed by atoms with Gasteiger partial charge in [0.1, 0.15) is 0 Å². The first-order valence-electron chi connectivity index (χ1n) is 8.68. The number of carbonyl (C=O) groups is 2. The molecule has 0 radical (unpaired) electrons. The lowest BCUT2D eigenvalue weighted by Crippen LogP contribution is -2.21. The van der Waals surface area contributed by atoms with E-state index < -0.39 is 23.4 Å². The second-order valence-corrected chi connectivity index (χ2v) is 6.12. The molecule has 0 aliphatic rings. The molecule has 29 heavy (non-hydrogen) atoms. The van der Waals surface area contributed by atoms with Crippen LogP contribution in [0.3, 0.4) is 0 Å². The van der Waals surface area contributed by atoms with Gasteiger partial charge >= 0.3 is 5.97 Å². The van der Waals surface area contributed by atoms with E-state index in [0.29, 0.717) is 11.4 Å². The van der Waals surface area contributed by atoms with Crippen molar-refractivity contribution in [1.29, 1.82) is 0 Å². The summed E-state index contributed by atoms with van der Waals surface area (Å²) in [6.07, 6.45) is 0. The number of amides is 1. The van der Waals surface area contributed by atoms with E-state index in [2.05, 4.69) is 10.3 Å². The number of anilines is 1. The predicted molar refractivity (Wildman–Crippen MR) is 106 cm³/mol. The highest BCUT2D eigenvalue weighted by Gasteiger charge is 2.15. The first kappa shape index (κ1) is 19.7. The Morgan fingerprint density at radius 3 is 2.34 bits per heavy atom. The van der Waals surface area contributed by atoms with Crippen LogP contribution in [0.2, 0.25) is 0 Å². The van der Waals surface area contributed by atoms with Crippen molar-refractivity contribution in [2.45, 2.75) is 6.92 Å². The SMILES string of the molecule is Cc1nc(-c2ccccc2)ccc1C(=O)OCC(=O)Nc1ccc([N+](=O)[O-])cc1. The van der Waals surface area contributed by atoms with Gasteiger partial charge in [0.15, 0.2) is 6.61 Å². The largest absolute Gasteiger partial charge is 0.452 e. The van der Waals surface area contributed by atoms with Gasteiger partial charge in [-0.3, -0.25) is 19.9 Å². The summed E-state index contributed by atoms with van der Waals surface area (Å²) < 4.78 is 5.05. The summed E-state index contributed by atoms with van der Waals surface area (Å²) in [6.45, 7) is 1.20. The second kappa shape index (κ2) is 8.75. The van der Waals surface area contributed by atoms with Gasteiger partial charge in [0.25, 0.3) is 11.6 Å². The van der Waals surface area contributed by atoms with E-state index in [0.717, 1.165) is 11.3 Å². The van der Waals surface area contributed by atoms with Gasteiger partial charge < -0.3 is 10.1 Å². The van der Waals surface area contributed by atoms with E-state index in [9.17, 15) is 19.7 Å². The van der Waals surface area contributed by atoms with E-state index in [4.69, 9.17) is 4.74 Å². The van der Waals surface area contributed by atoms with E-state index in [-0.39, 0.29) is 11.3 Å². The molecule has 3 rings (SSSR count). The van der Waals surface area contributed by atoms with Gasteiger partial charge in [-0.1, -0.05) is 30.3 Å². The predicted octanol–water partition coefficient (Wildman–Crippen LogP) is 3.76. The van der Waals surface area contributed by atoms with Crippen LogP contribution in [0.5, 0.6) is 0 Å². The molecule has 0 aliphatic heterocycles. The summed E-state index contributed by atoms with van der Waals surface area (Å²) in [5, 5.41) is 13.1. The van der Waals surface area contributed by atoms with Crippen molar-refractivity contribution < 1.29 is 19.2 Å². The number of ether oxygens (including phenoxy) is 1. The molecule has 0 saturated carbocycles. The summed E-state index contributed by atoms with van der Waals surface area (Å²) in [5.74, 6) is -1.22. The zero-order valence-corrected chi connectivity index (χ0v) is 15.5. The standard InChI is InChI=1S/C21H17N3O5/c1-14-18(11-12-19(22-14)15-5-3-2-4-6-15)21(26)29-13-20(25)23-16-7-9-17(10-8-16)24(27)28/h2-12H,13H2,1H3,(H,23,25). The Morgan fingerprint density at radius 1 is 1.03 bits per heavy atom. The Labute approximate surface area is 166 Å². The molecule has 8 heteroatoms. The lowest BCUT2D eigenvalue weighted by molar-refractivity contribution is -0.384. The van der Waals surface area contributed by atoms with Crippen molar-refractivity contribution in [1.82, 2.24) is 4.98 Å². The molecule has 0 bridgehead atoms. The van der Waals surface area contributed by atoms with Gasteiger partial charge in [0, 0.05) is 23.4 Å². The van der Waals surface area contributed by atoms with E-state index in [1.807, 2.05) is 30.3 Å². The molecule has 2 aromatic carbocycles. The number of nitro benzene ring substituents is 1. The minimum atomic E-state index is -0.659. The first-order valence-corrected chi connectivity index (χ1v) is 8.68. The van der Waals surface area contributed by atoms with Crippen LogP contribution in [-0.2, 0) is 9.53 Å². The molecule has 0 fully saturated rings. The summed E-state index contributed by atoms with van der Waals surface area (Å²) in [4.78, 5) is 38.7. The third-order valence-electron chi connectivity index (χ3n) is 4.07. The van der Waals surface area contributed by atoms with E-state index >= 15 is 0 Å². The monoisotopic (exact) mass is 391 g/mol. The number of nitro groups is 1. The lowest BCUT2D eigenvalue weighted by Gasteiger charge is -2.09. The molecule has 1 N–H and O–H groups in total. The molecule has 0 atom stereocenters. The summed E-state index contributed by atoms with van der Waals surface area (Å²) in [5.41, 5.74) is 2.70. The molecule has 0 aliphatic carbocycles. The molecule has 8 nitrogen and oxygen atoms in total. The highest BCUT2D eigenvalue weighted by molar-refractivity contribution is 5.96. The average molecular weight is 391 g/mol. The molecular weight excluding hydrogens is 374 g/mol. The number of nitrogens with one attached hydrogen (secondary N) is 1. The zero-order chi connectivity index (χ0) is 20.8. The average Bonchev–Trinajstić information content (AvgIpc) is 2.73. The first-order chi connectivity index (χ1) is 13.9. The Balaban J connectivity index is 1.58. The third-order valence-corrected chi connectivity index (χ3v) is 4.07. The van der Waals surface area contributed by atoms with Gasteiger partial charge in [-0.2, -0.15) is 0 Å². The minimum absolute atomic E-state index is 0.0867. The quantitative estimate of drug-likeness (QED) is 0.389. The van der Waals surface area contributed by atoms with Crippen LogP contribution in [0.25, 0.3) is 11.3 Å². The van der Waals surface area contributed by atoms with Gasteiger partial charge in [-0.05, 0) is 31.2 Å². The summed E-state index contributed by atoms with van der Waals surface area (Å²) in [6, 6.07) is 18.2. The van der Waals surface area contributed by atoms with Crippen LogP contribution in [0, 0.1) is 17.0 Å². The third kappa shape index (κ3) is 5.01. The molecule has 3 aromatic rings. The minimum Gasteiger partial charge on any atom is -0.452 e. The van der Waals surface area contributed by atoms with Crippen molar-refractivity contribution in [3.05, 3.63) is 88.1 Å². The number of benzene rings is 2. The number of carbonyl (C=O) groups excluding carboxylic acids is 2. The molecule has 1 heterocycles. The normalized spacial score (nSPS) is 10.2. The molecule has 146 valence electrons. The van der Waals surface area contributed by atoms with Crippen molar-refractivity contribution in [3.63, 3.8) is 0 Å². The number of non-ortho nitro benzene ring substituents is 1. The van der Waals surface area contributed by atoms with Gasteiger partial charge in [0.2, 0.25) is 0 Å². The molecule has 0 unspecified atom stereocenters. The second-order valence-electron chi connectivity index (χ2n) is 6.12. The zero-order valence-electron chi connectivity index (χ0n) is 15.5. The topological polar surface area (TPSA) is 111 Å². The highest BCUT2D eigenvalue weighted by atomic mass is 16.6. The van der Waals surface area contributed by atoms with Gasteiger partial charge in [0.05, 0.1) is 21.9 Å². The van der Waals surface area contributed by atoms with Gasteiger partial charge in [-0.15, -0.1) is 0 Å². The number of esters is 1. The maximum Gasteiger partial charge on any atom is 0.340 e. The number of nitrogens with zero attached hydrogens (tertiary/aromatic N) is 2. The number of aryl methyl sites for hydroxylation is 1. The fourth-order valence-electron chi connectivity index (χ4n) is 2.62. The maximum atomic E-state index is 12.3. The fraction of sp³-hybridized carbons (Fsp3) is 0.0952. The van der Waals surface area contributed by atoms with Crippen molar-refractivity contribution in [3.8, 4) is 11.3 Å². The summed E-state index contributed by atoms with van der Waals surface area (Å²) in [7, 11) is 0. The van der Waals surface area contributed by atoms with E-state index in [1.165, 1.54) is 24.3 Å². The molecule has 1 aromatic heterocycles. The van der Waals surface area contributed by atoms with Gasteiger partial charge in [-0.25, -0.2) is 4.79 Å². The highest BCUT2D eigenvalue weighted by Crippen LogP contribution is 2.19. The number of rotatable bonds is 6. The Hall–Kier alpha value is -4.07. The number of aromatic nitrogens is 1. The molecular formula is C21H17N3O5. The fourth-order valence-corrected chi connectivity index (χ4v) is 2.62. The number of hydrogen-bond donors (Lipinski definition) is 1. The van der Waals surface area contributed by atoms with E-state index in [1.54, 1.807) is 19.1 Å². The number of hydrogen-bond acceptors (Lipinski definition) is 6. The Morgan fingerprint density at radius 2 is 1.72 bits per heavy atom. The van der Waals surface area contributed by atoms with Crippen LogP contribution in [0.1, 0.15) is 16.1 Å². The maximum absolute atomic E-state index is 12.3. The van der Waals surface area contributed by atoms with Crippen molar-refractivity contribution >= 4 is 23.3 Å². The molecule has 1 amide bonds. The van der Waals surface area contributed by atoms with Crippen LogP contribution >= 0.6 is 0 Å².